The Morgan fingerprint density at radius 3 is 3.25 bits per heavy atom. The Hall–Kier alpha value is -0.880. The van der Waals surface area contributed by atoms with E-state index in [2.05, 4.69) is 10.1 Å². The lowest BCUT2D eigenvalue weighted by molar-refractivity contribution is 0.0882. The minimum absolute atomic E-state index is 0.0221. The number of hydrogen-bond donors (Lipinski definition) is 1. The Morgan fingerprint density at radius 1 is 1.75 bits per heavy atom. The number of hydrogen-bond acceptors (Lipinski definition) is 5. The third-order valence-corrected chi connectivity index (χ3v) is 2.85. The molecule has 6 heteroatoms. The molecule has 5 nitrogen and oxygen atoms in total. The molecule has 1 atom stereocenters. The maximum Gasteiger partial charge on any atom is 0.262 e. The summed E-state index contributed by atoms with van der Waals surface area (Å²) in [6.07, 6.45) is 1.82. The Morgan fingerprint density at radius 2 is 2.58 bits per heavy atom. The van der Waals surface area contributed by atoms with E-state index in [1.165, 1.54) is 22.8 Å². The zero-order valence-electron chi connectivity index (χ0n) is 6.17. The predicted octanol–water partition coefficient (Wildman–Crippen LogP) is -0.225. The number of carbonyl (C=O) groups is 1. The molecular weight excluding hydrogens is 178 g/mol. The monoisotopic (exact) mass is 185 g/mol. The predicted molar refractivity (Wildman–Crippen MR) is 42.0 cm³/mol. The Labute approximate surface area is 72.8 Å². The number of aliphatic hydroxyl groups is 1. The summed E-state index contributed by atoms with van der Waals surface area (Å²) in [5.41, 5.74) is 0. The molecule has 0 bridgehead atoms. The third kappa shape index (κ3) is 1.03. The number of aliphatic hydroxyl groups excluding tert-OH is 1. The van der Waals surface area contributed by atoms with E-state index >= 15 is 0 Å². The van der Waals surface area contributed by atoms with Crippen molar-refractivity contribution in [3.8, 4) is 0 Å². The van der Waals surface area contributed by atoms with E-state index in [0.29, 0.717) is 11.6 Å². The van der Waals surface area contributed by atoms with Gasteiger partial charge < -0.3 is 5.11 Å². The van der Waals surface area contributed by atoms with Crippen LogP contribution in [-0.2, 0) is 0 Å². The lowest BCUT2D eigenvalue weighted by Gasteiger charge is -2.00. The summed E-state index contributed by atoms with van der Waals surface area (Å²) in [6.45, 7) is 0.0221. The lowest BCUT2D eigenvalue weighted by Crippen LogP contribution is -2.19. The molecule has 0 amide bonds. The van der Waals surface area contributed by atoms with Gasteiger partial charge in [-0.3, -0.25) is 4.79 Å². The Balaban J connectivity index is 2.21. The van der Waals surface area contributed by atoms with Crippen LogP contribution in [0.1, 0.15) is 11.2 Å². The molecule has 0 radical (unpaired) electrons. The smallest absolute Gasteiger partial charge is 0.262 e. The third-order valence-electron chi connectivity index (χ3n) is 1.64. The van der Waals surface area contributed by atoms with Crippen LogP contribution in [-0.4, -0.2) is 37.6 Å². The van der Waals surface area contributed by atoms with Gasteiger partial charge in [0.05, 0.1) is 5.25 Å². The van der Waals surface area contributed by atoms with Gasteiger partial charge in [0.2, 0.25) is 0 Å². The van der Waals surface area contributed by atoms with Crippen LogP contribution in [0.4, 0.5) is 0 Å². The number of thioether (sulfide) groups is 1. The van der Waals surface area contributed by atoms with Gasteiger partial charge in [-0.25, -0.2) is 4.98 Å². The molecule has 1 N–H and O–H groups in total. The highest BCUT2D eigenvalue weighted by Crippen LogP contribution is 2.30. The number of nitrogens with zero attached hydrogens (tertiary/aromatic N) is 3. The largest absolute Gasteiger partial charge is 0.396 e. The van der Waals surface area contributed by atoms with Crippen molar-refractivity contribution in [1.82, 2.24) is 14.8 Å². The number of aromatic nitrogens is 3. The first-order chi connectivity index (χ1) is 5.83. The normalized spacial score (nSPS) is 21.4. The molecule has 1 aromatic rings. The highest BCUT2D eigenvalue weighted by Gasteiger charge is 2.32. The lowest BCUT2D eigenvalue weighted by atomic mass is 10.3. The van der Waals surface area contributed by atoms with Crippen molar-refractivity contribution in [2.75, 3.05) is 6.61 Å². The van der Waals surface area contributed by atoms with Gasteiger partial charge in [-0.2, -0.15) is 9.78 Å². The fourth-order valence-electron chi connectivity index (χ4n) is 1.08. The highest BCUT2D eigenvalue weighted by atomic mass is 32.2. The summed E-state index contributed by atoms with van der Waals surface area (Å²) in [7, 11) is 0. The molecule has 1 aliphatic rings. The van der Waals surface area contributed by atoms with Gasteiger partial charge in [-0.1, -0.05) is 11.8 Å². The van der Waals surface area contributed by atoms with Gasteiger partial charge in [-0.15, -0.1) is 0 Å². The van der Waals surface area contributed by atoms with Crippen molar-refractivity contribution in [1.29, 1.82) is 0 Å². The maximum absolute atomic E-state index is 11.4. The van der Waals surface area contributed by atoms with Gasteiger partial charge in [0, 0.05) is 6.61 Å². The summed E-state index contributed by atoms with van der Waals surface area (Å²) in [5.74, 6) is -0.0819. The van der Waals surface area contributed by atoms with Crippen molar-refractivity contribution in [2.45, 2.75) is 16.8 Å². The molecule has 2 heterocycles. The van der Waals surface area contributed by atoms with E-state index in [1.807, 2.05) is 0 Å². The van der Waals surface area contributed by atoms with Gasteiger partial charge in [0.15, 0.2) is 5.16 Å². The second kappa shape index (κ2) is 2.87. The standard InChI is InChI=1S/C6H7N3O2S/c10-2-1-4-5(11)9-6(12-4)7-3-8-9/h3-4,10H,1-2H2/t4-/m0/s1. The van der Waals surface area contributed by atoms with Crippen molar-refractivity contribution >= 4 is 17.7 Å². The Kier molecular flexibility index (Phi) is 1.86. The van der Waals surface area contributed by atoms with Crippen molar-refractivity contribution in [3.63, 3.8) is 0 Å². The summed E-state index contributed by atoms with van der Waals surface area (Å²) in [5, 5.41) is 12.8. The van der Waals surface area contributed by atoms with E-state index in [4.69, 9.17) is 5.11 Å². The summed E-state index contributed by atoms with van der Waals surface area (Å²) in [4.78, 5) is 15.3. The van der Waals surface area contributed by atoms with Crippen LogP contribution in [0.5, 0.6) is 0 Å². The molecule has 1 aliphatic heterocycles. The number of rotatable bonds is 2. The zero-order chi connectivity index (χ0) is 8.55. The molecule has 0 aliphatic carbocycles. The summed E-state index contributed by atoms with van der Waals surface area (Å²) in [6, 6.07) is 0. The molecule has 0 saturated carbocycles. The molecule has 1 aromatic heterocycles. The molecular formula is C6H7N3O2S. The highest BCUT2D eigenvalue weighted by molar-refractivity contribution is 8.00. The van der Waals surface area contributed by atoms with E-state index in [0.717, 1.165) is 0 Å². The first-order valence-electron chi connectivity index (χ1n) is 3.54. The molecule has 0 aromatic carbocycles. The maximum atomic E-state index is 11.4. The SMILES string of the molecule is O=C1[C@H](CCO)Sc2ncnn21. The minimum atomic E-state index is -0.203. The van der Waals surface area contributed by atoms with E-state index in [1.54, 1.807) is 0 Å². The fraction of sp³-hybridized carbons (Fsp3) is 0.500. The molecule has 12 heavy (non-hydrogen) atoms. The van der Waals surface area contributed by atoms with Crippen molar-refractivity contribution in [2.24, 2.45) is 0 Å². The number of fused-ring (bicyclic) bond motifs is 1. The van der Waals surface area contributed by atoms with Crippen LogP contribution in [0.25, 0.3) is 0 Å². The quantitative estimate of drug-likeness (QED) is 0.689. The van der Waals surface area contributed by atoms with Gasteiger partial charge in [0.25, 0.3) is 5.91 Å². The zero-order valence-corrected chi connectivity index (χ0v) is 6.99. The van der Waals surface area contributed by atoms with E-state index in [-0.39, 0.29) is 17.8 Å². The van der Waals surface area contributed by atoms with Crippen molar-refractivity contribution in [3.05, 3.63) is 6.33 Å². The van der Waals surface area contributed by atoms with Crippen LogP contribution >= 0.6 is 11.8 Å². The Bertz CT molecular complexity index is 311. The molecule has 2 rings (SSSR count). The van der Waals surface area contributed by atoms with Gasteiger partial charge in [0.1, 0.15) is 6.33 Å². The van der Waals surface area contributed by atoms with Crippen LogP contribution in [0.15, 0.2) is 11.5 Å². The summed E-state index contributed by atoms with van der Waals surface area (Å²) >= 11 is 1.36. The van der Waals surface area contributed by atoms with Crippen LogP contribution in [0.3, 0.4) is 0 Å². The van der Waals surface area contributed by atoms with Gasteiger partial charge >= 0.3 is 0 Å². The van der Waals surface area contributed by atoms with Crippen LogP contribution in [0.2, 0.25) is 0 Å². The average Bonchev–Trinajstić information content (AvgIpc) is 2.58. The molecule has 0 fully saturated rings. The van der Waals surface area contributed by atoms with E-state index < -0.39 is 0 Å². The van der Waals surface area contributed by atoms with E-state index in [9.17, 15) is 4.79 Å². The second-order valence-electron chi connectivity index (χ2n) is 2.41. The van der Waals surface area contributed by atoms with Gasteiger partial charge in [-0.05, 0) is 6.42 Å². The molecule has 64 valence electrons. The second-order valence-corrected chi connectivity index (χ2v) is 3.58. The first kappa shape index (κ1) is 7.75. The first-order valence-corrected chi connectivity index (χ1v) is 4.42. The topological polar surface area (TPSA) is 68.0 Å². The minimum Gasteiger partial charge on any atom is -0.396 e. The summed E-state index contributed by atoms with van der Waals surface area (Å²) < 4.78 is 1.28. The van der Waals surface area contributed by atoms with Crippen molar-refractivity contribution < 1.29 is 9.90 Å². The molecule has 0 unspecified atom stereocenters. The average molecular weight is 185 g/mol. The number of carbonyl (C=O) groups excluding carboxylic acids is 1. The molecule has 0 saturated heterocycles. The van der Waals surface area contributed by atoms with Crippen LogP contribution in [0, 0.1) is 0 Å². The molecule has 0 spiro atoms. The van der Waals surface area contributed by atoms with Crippen LogP contribution < -0.4 is 0 Å². The fourth-order valence-corrected chi connectivity index (χ4v) is 2.10.